The molecule has 0 aromatic rings. The highest BCUT2D eigenvalue weighted by Gasteiger charge is 2.31. The van der Waals surface area contributed by atoms with Gasteiger partial charge in [0.25, 0.3) is 0 Å². The van der Waals surface area contributed by atoms with Crippen molar-refractivity contribution in [2.75, 3.05) is 6.54 Å². The highest BCUT2D eigenvalue weighted by atomic mass is 16.6. The molecule has 0 radical (unpaired) electrons. The maximum Gasteiger partial charge on any atom is 0.307 e. The zero-order chi connectivity index (χ0) is 8.48. The Kier molecular flexibility index (Phi) is 2.18. The second kappa shape index (κ2) is 2.81. The van der Waals surface area contributed by atoms with Crippen LogP contribution in [0.5, 0.6) is 0 Å². The van der Waals surface area contributed by atoms with Gasteiger partial charge in [-0.15, -0.1) is 0 Å². The number of ether oxygens (including phenoxy) is 1. The molecule has 3 heteroatoms. The first-order valence-corrected chi connectivity index (χ1v) is 3.97. The molecule has 1 atom stereocenters. The van der Waals surface area contributed by atoms with E-state index in [0.29, 0.717) is 6.42 Å². The van der Waals surface area contributed by atoms with Gasteiger partial charge in [0.1, 0.15) is 5.60 Å². The number of cyclic esters (lactones) is 1. The van der Waals surface area contributed by atoms with Crippen LogP contribution in [0, 0.1) is 0 Å². The van der Waals surface area contributed by atoms with Crippen molar-refractivity contribution in [2.45, 2.75) is 38.8 Å². The molecule has 1 heterocycles. The summed E-state index contributed by atoms with van der Waals surface area (Å²) in [5.74, 6) is -0.105. The Morgan fingerprint density at radius 3 is 2.91 bits per heavy atom. The van der Waals surface area contributed by atoms with Crippen LogP contribution in [-0.2, 0) is 9.53 Å². The van der Waals surface area contributed by atoms with Gasteiger partial charge in [0.2, 0.25) is 0 Å². The smallest absolute Gasteiger partial charge is 0.307 e. The van der Waals surface area contributed by atoms with Gasteiger partial charge >= 0.3 is 5.97 Å². The zero-order valence-corrected chi connectivity index (χ0v) is 7.31. The summed E-state index contributed by atoms with van der Waals surface area (Å²) >= 11 is 0. The Hall–Kier alpha value is -0.570. The lowest BCUT2D eigenvalue weighted by Crippen LogP contribution is -2.44. The van der Waals surface area contributed by atoms with Crippen LogP contribution in [0.3, 0.4) is 0 Å². The minimum Gasteiger partial charge on any atom is -0.458 e. The van der Waals surface area contributed by atoms with Crippen molar-refractivity contribution in [3.8, 4) is 0 Å². The predicted molar refractivity (Wildman–Crippen MR) is 42.3 cm³/mol. The number of hydrogen-bond donors (Lipinski definition) is 1. The van der Waals surface area contributed by atoms with Gasteiger partial charge in [0.05, 0.1) is 6.42 Å². The van der Waals surface area contributed by atoms with E-state index in [-0.39, 0.29) is 17.6 Å². The Morgan fingerprint density at radius 2 is 2.27 bits per heavy atom. The van der Waals surface area contributed by atoms with E-state index in [9.17, 15) is 4.79 Å². The summed E-state index contributed by atoms with van der Waals surface area (Å²) in [6, 6.07) is 0.231. The normalized spacial score (nSPS) is 30.8. The number of nitrogens with one attached hydrogen (secondary N) is 1. The average Bonchev–Trinajstić information content (AvgIpc) is 1.93. The van der Waals surface area contributed by atoms with E-state index in [1.807, 2.05) is 20.8 Å². The lowest BCUT2D eigenvalue weighted by molar-refractivity contribution is -0.155. The van der Waals surface area contributed by atoms with Crippen LogP contribution in [0.4, 0.5) is 0 Å². The molecule has 1 aliphatic heterocycles. The minimum absolute atomic E-state index is 0.105. The molecular weight excluding hydrogens is 142 g/mol. The summed E-state index contributed by atoms with van der Waals surface area (Å²) in [7, 11) is 0. The molecule has 0 saturated carbocycles. The number of esters is 1. The van der Waals surface area contributed by atoms with Crippen LogP contribution in [0.2, 0.25) is 0 Å². The van der Waals surface area contributed by atoms with Gasteiger partial charge in [-0.1, -0.05) is 0 Å². The first-order valence-electron chi connectivity index (χ1n) is 3.97. The summed E-state index contributed by atoms with van der Waals surface area (Å²) in [5, 5.41) is 3.22. The van der Waals surface area contributed by atoms with E-state index in [1.165, 1.54) is 0 Å². The molecule has 1 aliphatic rings. The van der Waals surface area contributed by atoms with Crippen LogP contribution in [0.1, 0.15) is 27.2 Å². The van der Waals surface area contributed by atoms with Crippen molar-refractivity contribution in [1.29, 1.82) is 0 Å². The second-order valence-electron chi connectivity index (χ2n) is 3.50. The number of rotatable bonds is 0. The molecule has 1 N–H and O–H groups in total. The van der Waals surface area contributed by atoms with Crippen molar-refractivity contribution in [2.24, 2.45) is 0 Å². The van der Waals surface area contributed by atoms with E-state index in [1.54, 1.807) is 0 Å². The van der Waals surface area contributed by atoms with Gasteiger partial charge in [-0.2, -0.15) is 0 Å². The lowest BCUT2D eigenvalue weighted by atomic mass is 10.0. The first-order chi connectivity index (χ1) is 5.02. The molecule has 0 spiro atoms. The molecule has 0 aromatic heterocycles. The third-order valence-electron chi connectivity index (χ3n) is 2.20. The van der Waals surface area contributed by atoms with E-state index in [4.69, 9.17) is 4.74 Å². The van der Waals surface area contributed by atoms with Crippen molar-refractivity contribution >= 4 is 5.97 Å². The van der Waals surface area contributed by atoms with Crippen molar-refractivity contribution in [3.05, 3.63) is 0 Å². The predicted octanol–water partition coefficient (Wildman–Crippen LogP) is 0.690. The maximum atomic E-state index is 11.0. The van der Waals surface area contributed by atoms with Crippen molar-refractivity contribution < 1.29 is 9.53 Å². The summed E-state index contributed by atoms with van der Waals surface area (Å²) in [6.07, 6.45) is 0.480. The molecule has 11 heavy (non-hydrogen) atoms. The third kappa shape index (κ3) is 1.93. The number of carbonyl (C=O) groups excluding carboxylic acids is 1. The van der Waals surface area contributed by atoms with Crippen LogP contribution >= 0.6 is 0 Å². The van der Waals surface area contributed by atoms with Crippen molar-refractivity contribution in [3.63, 3.8) is 0 Å². The van der Waals surface area contributed by atoms with Crippen LogP contribution < -0.4 is 5.32 Å². The Labute approximate surface area is 67.1 Å². The summed E-state index contributed by atoms with van der Waals surface area (Å²) in [5.41, 5.74) is -0.367. The molecule has 1 saturated heterocycles. The lowest BCUT2D eigenvalue weighted by Gasteiger charge is -2.29. The monoisotopic (exact) mass is 157 g/mol. The molecule has 0 aromatic carbocycles. The number of hydrogen-bond acceptors (Lipinski definition) is 3. The standard InChI is InChI=1S/C8H15NO2/c1-6-8(2,3)11-7(10)4-5-9-6/h6,9H,4-5H2,1-3H3. The molecular formula is C8H15NO2. The summed E-state index contributed by atoms with van der Waals surface area (Å²) < 4.78 is 5.21. The fraction of sp³-hybridized carbons (Fsp3) is 0.875. The fourth-order valence-electron chi connectivity index (χ4n) is 1.07. The molecule has 0 aliphatic carbocycles. The molecule has 64 valence electrons. The van der Waals surface area contributed by atoms with Gasteiger partial charge in [0.15, 0.2) is 0 Å². The van der Waals surface area contributed by atoms with Gasteiger partial charge in [-0.05, 0) is 20.8 Å². The van der Waals surface area contributed by atoms with Crippen molar-refractivity contribution in [1.82, 2.24) is 5.32 Å². The Morgan fingerprint density at radius 1 is 1.64 bits per heavy atom. The maximum absolute atomic E-state index is 11.0. The number of carbonyl (C=O) groups is 1. The van der Waals surface area contributed by atoms with E-state index in [0.717, 1.165) is 6.54 Å². The molecule has 0 bridgehead atoms. The molecule has 0 amide bonds. The zero-order valence-electron chi connectivity index (χ0n) is 7.31. The fourth-order valence-corrected chi connectivity index (χ4v) is 1.07. The first kappa shape index (κ1) is 8.53. The second-order valence-corrected chi connectivity index (χ2v) is 3.50. The average molecular weight is 157 g/mol. The molecule has 1 unspecified atom stereocenters. The minimum atomic E-state index is -0.367. The van der Waals surface area contributed by atoms with Gasteiger partial charge < -0.3 is 10.1 Å². The molecule has 1 fully saturated rings. The highest BCUT2D eigenvalue weighted by molar-refractivity contribution is 5.70. The topological polar surface area (TPSA) is 38.3 Å². The quantitative estimate of drug-likeness (QED) is 0.526. The van der Waals surface area contributed by atoms with E-state index in [2.05, 4.69) is 5.32 Å². The third-order valence-corrected chi connectivity index (χ3v) is 2.20. The summed E-state index contributed by atoms with van der Waals surface area (Å²) in [6.45, 7) is 6.60. The SMILES string of the molecule is CC1NCCC(=O)OC1(C)C. The summed E-state index contributed by atoms with van der Waals surface area (Å²) in [4.78, 5) is 11.0. The Balaban J connectivity index is 2.68. The molecule has 1 rings (SSSR count). The van der Waals surface area contributed by atoms with E-state index < -0.39 is 0 Å². The van der Waals surface area contributed by atoms with Gasteiger partial charge in [-0.3, -0.25) is 4.79 Å². The van der Waals surface area contributed by atoms with Crippen LogP contribution in [-0.4, -0.2) is 24.2 Å². The highest BCUT2D eigenvalue weighted by Crippen LogP contribution is 2.17. The van der Waals surface area contributed by atoms with E-state index >= 15 is 0 Å². The molecule has 3 nitrogen and oxygen atoms in total. The van der Waals surface area contributed by atoms with Gasteiger partial charge in [-0.25, -0.2) is 0 Å². The Bertz CT molecular complexity index is 165. The van der Waals surface area contributed by atoms with Gasteiger partial charge in [0, 0.05) is 12.6 Å². The largest absolute Gasteiger partial charge is 0.458 e. The van der Waals surface area contributed by atoms with Crippen LogP contribution in [0.15, 0.2) is 0 Å². The van der Waals surface area contributed by atoms with Crippen LogP contribution in [0.25, 0.3) is 0 Å².